The number of aryl methyl sites for hydroxylation is 1. The number of esters is 1. The number of nitrogens with zero attached hydrogens (tertiary/aromatic N) is 2. The minimum atomic E-state index is -0.934. The summed E-state index contributed by atoms with van der Waals surface area (Å²) in [5.74, 6) is -0.962. The van der Waals surface area contributed by atoms with E-state index < -0.39 is 17.0 Å². The normalized spacial score (nSPS) is 21.5. The molecule has 1 amide bonds. The average Bonchev–Trinajstić information content (AvgIpc) is 2.54. The predicted molar refractivity (Wildman–Crippen MR) is 92.3 cm³/mol. The molecular weight excluding hydrogens is 324 g/mol. The number of likely N-dealkylation sites (tertiary alicyclic amines) is 1. The maximum Gasteiger partial charge on any atom is 0.339 e. The monoisotopic (exact) mass is 348 g/mol. The maximum atomic E-state index is 12.7. The lowest BCUT2D eigenvalue weighted by Crippen LogP contribution is -2.51. The molecule has 25 heavy (non-hydrogen) atoms. The van der Waals surface area contributed by atoms with Gasteiger partial charge in [0.2, 0.25) is 0 Å². The summed E-state index contributed by atoms with van der Waals surface area (Å²) in [6.45, 7) is 7.12. The van der Waals surface area contributed by atoms with Crippen molar-refractivity contribution < 1.29 is 19.2 Å². The van der Waals surface area contributed by atoms with Gasteiger partial charge in [-0.25, -0.2) is 4.79 Å². The first kappa shape index (κ1) is 18.9. The Morgan fingerprint density at radius 1 is 1.28 bits per heavy atom. The zero-order valence-electron chi connectivity index (χ0n) is 15.0. The molecule has 2 rings (SSSR count). The van der Waals surface area contributed by atoms with E-state index in [-0.39, 0.29) is 29.2 Å². The van der Waals surface area contributed by atoms with Gasteiger partial charge in [-0.2, -0.15) is 0 Å². The third-order valence-electron chi connectivity index (χ3n) is 4.72. The van der Waals surface area contributed by atoms with Crippen molar-refractivity contribution in [3.63, 3.8) is 0 Å². The van der Waals surface area contributed by atoms with E-state index in [9.17, 15) is 19.7 Å². The molecule has 0 unspecified atom stereocenters. The second-order valence-electron chi connectivity index (χ2n) is 6.68. The van der Waals surface area contributed by atoms with Gasteiger partial charge in [-0.3, -0.25) is 14.9 Å². The van der Waals surface area contributed by atoms with Crippen LogP contribution >= 0.6 is 0 Å². The number of benzene rings is 1. The van der Waals surface area contributed by atoms with Crippen LogP contribution in [0.4, 0.5) is 5.69 Å². The van der Waals surface area contributed by atoms with Crippen molar-refractivity contribution in [2.75, 3.05) is 0 Å². The minimum absolute atomic E-state index is 0.0664. The van der Waals surface area contributed by atoms with Gasteiger partial charge in [-0.05, 0) is 53.0 Å². The van der Waals surface area contributed by atoms with Crippen molar-refractivity contribution in [3.05, 3.63) is 39.4 Å². The molecule has 3 atom stereocenters. The number of ether oxygens (including phenoxy) is 1. The first-order valence-corrected chi connectivity index (χ1v) is 8.50. The van der Waals surface area contributed by atoms with E-state index >= 15 is 0 Å². The SMILES string of the molecule is Cc1ccc(C(=O)O[C@H](C)C(=O)N2[C@@H](C)CCC[C@@H]2C)cc1[N+](=O)[O-]. The van der Waals surface area contributed by atoms with Crippen molar-refractivity contribution in [1.29, 1.82) is 0 Å². The van der Waals surface area contributed by atoms with Gasteiger partial charge in [0.25, 0.3) is 11.6 Å². The summed E-state index contributed by atoms with van der Waals surface area (Å²) in [6, 6.07) is 4.36. The number of nitro groups is 1. The standard InChI is InChI=1S/C18H24N2O5/c1-11-8-9-15(10-16(11)20(23)24)18(22)25-14(4)17(21)19-12(2)6-5-7-13(19)3/h8-10,12-14H,5-7H2,1-4H3/t12-,13-,14+/m0/s1. The van der Waals surface area contributed by atoms with Crippen LogP contribution in [0, 0.1) is 17.0 Å². The molecule has 1 saturated heterocycles. The molecule has 1 aromatic rings. The fourth-order valence-electron chi connectivity index (χ4n) is 3.28. The van der Waals surface area contributed by atoms with Gasteiger partial charge in [0.15, 0.2) is 6.10 Å². The fourth-order valence-corrected chi connectivity index (χ4v) is 3.28. The molecule has 7 nitrogen and oxygen atoms in total. The Morgan fingerprint density at radius 3 is 2.44 bits per heavy atom. The quantitative estimate of drug-likeness (QED) is 0.473. The highest BCUT2D eigenvalue weighted by molar-refractivity contribution is 5.93. The topological polar surface area (TPSA) is 89.8 Å². The molecule has 0 aliphatic carbocycles. The van der Waals surface area contributed by atoms with Crippen molar-refractivity contribution in [1.82, 2.24) is 4.90 Å². The van der Waals surface area contributed by atoms with Crippen molar-refractivity contribution in [2.45, 2.75) is 65.1 Å². The molecule has 1 heterocycles. The highest BCUT2D eigenvalue weighted by Crippen LogP contribution is 2.24. The number of carbonyl (C=O) groups is 2. The predicted octanol–water partition coefficient (Wildman–Crippen LogP) is 3.24. The number of hydrogen-bond acceptors (Lipinski definition) is 5. The summed E-state index contributed by atoms with van der Waals surface area (Å²) in [7, 11) is 0. The zero-order valence-corrected chi connectivity index (χ0v) is 15.0. The highest BCUT2D eigenvalue weighted by atomic mass is 16.6. The van der Waals surface area contributed by atoms with Crippen LogP contribution in [0.3, 0.4) is 0 Å². The van der Waals surface area contributed by atoms with Crippen LogP contribution in [0.5, 0.6) is 0 Å². The minimum Gasteiger partial charge on any atom is -0.449 e. The summed E-state index contributed by atoms with van der Waals surface area (Å²) in [5.41, 5.74) is 0.380. The van der Waals surface area contributed by atoms with E-state index in [0.29, 0.717) is 5.56 Å². The van der Waals surface area contributed by atoms with Crippen LogP contribution in [-0.4, -0.2) is 39.9 Å². The second-order valence-corrected chi connectivity index (χ2v) is 6.68. The molecule has 0 N–H and O–H groups in total. The lowest BCUT2D eigenvalue weighted by Gasteiger charge is -2.40. The van der Waals surface area contributed by atoms with Gasteiger partial charge in [0, 0.05) is 23.7 Å². The third kappa shape index (κ3) is 4.15. The number of hydrogen-bond donors (Lipinski definition) is 0. The van der Waals surface area contributed by atoms with Gasteiger partial charge >= 0.3 is 5.97 Å². The fraction of sp³-hybridized carbons (Fsp3) is 0.556. The number of amides is 1. The summed E-state index contributed by atoms with van der Waals surface area (Å²) in [4.78, 5) is 37.2. The lowest BCUT2D eigenvalue weighted by molar-refractivity contribution is -0.385. The number of rotatable bonds is 4. The molecule has 0 bridgehead atoms. The van der Waals surface area contributed by atoms with E-state index in [1.807, 2.05) is 13.8 Å². The molecule has 7 heteroatoms. The van der Waals surface area contributed by atoms with Crippen molar-refractivity contribution in [2.24, 2.45) is 0 Å². The van der Waals surface area contributed by atoms with Crippen molar-refractivity contribution >= 4 is 17.6 Å². The van der Waals surface area contributed by atoms with Crippen LogP contribution in [-0.2, 0) is 9.53 Å². The second kappa shape index (κ2) is 7.63. The summed E-state index contributed by atoms with van der Waals surface area (Å²) in [5, 5.41) is 11.0. The molecule has 0 saturated carbocycles. The largest absolute Gasteiger partial charge is 0.449 e. The lowest BCUT2D eigenvalue weighted by atomic mass is 9.97. The van der Waals surface area contributed by atoms with Gasteiger partial charge < -0.3 is 9.64 Å². The smallest absolute Gasteiger partial charge is 0.339 e. The van der Waals surface area contributed by atoms with Crippen molar-refractivity contribution in [3.8, 4) is 0 Å². The van der Waals surface area contributed by atoms with Gasteiger partial charge in [0.1, 0.15) is 0 Å². The molecule has 0 aromatic heterocycles. The Bertz CT molecular complexity index is 678. The van der Waals surface area contributed by atoms with Crippen LogP contribution < -0.4 is 0 Å². The molecule has 0 radical (unpaired) electrons. The van der Waals surface area contributed by atoms with Crippen LogP contribution in [0.2, 0.25) is 0 Å². The first-order valence-electron chi connectivity index (χ1n) is 8.50. The van der Waals surface area contributed by atoms with E-state index in [0.717, 1.165) is 19.3 Å². The number of nitro benzene ring substituents is 1. The highest BCUT2D eigenvalue weighted by Gasteiger charge is 2.33. The Balaban J connectivity index is 2.10. The van der Waals surface area contributed by atoms with Crippen LogP contribution in [0.15, 0.2) is 18.2 Å². The van der Waals surface area contributed by atoms with Gasteiger partial charge in [0.05, 0.1) is 10.5 Å². The third-order valence-corrected chi connectivity index (χ3v) is 4.72. The first-order chi connectivity index (χ1) is 11.7. The van der Waals surface area contributed by atoms with E-state index in [2.05, 4.69) is 0 Å². The van der Waals surface area contributed by atoms with E-state index in [1.54, 1.807) is 11.8 Å². The maximum absolute atomic E-state index is 12.7. The van der Waals surface area contributed by atoms with E-state index in [1.165, 1.54) is 25.1 Å². The molecule has 1 fully saturated rings. The molecule has 0 spiro atoms. The molecule has 136 valence electrons. The Hall–Kier alpha value is -2.44. The summed E-state index contributed by atoms with van der Waals surface area (Å²) >= 11 is 0. The summed E-state index contributed by atoms with van der Waals surface area (Å²) < 4.78 is 5.27. The van der Waals surface area contributed by atoms with Crippen LogP contribution in [0.1, 0.15) is 56.0 Å². The molecule has 1 aliphatic heterocycles. The van der Waals surface area contributed by atoms with Gasteiger partial charge in [-0.15, -0.1) is 0 Å². The molecule has 1 aliphatic rings. The average molecular weight is 348 g/mol. The Morgan fingerprint density at radius 2 is 1.88 bits per heavy atom. The van der Waals surface area contributed by atoms with E-state index in [4.69, 9.17) is 4.74 Å². The Labute approximate surface area is 147 Å². The Kier molecular flexibility index (Phi) is 5.77. The van der Waals surface area contributed by atoms with Gasteiger partial charge in [-0.1, -0.05) is 6.07 Å². The number of piperidine rings is 1. The zero-order chi connectivity index (χ0) is 18.7. The molecule has 1 aromatic carbocycles. The number of carbonyl (C=O) groups excluding carboxylic acids is 2. The molecular formula is C18H24N2O5. The summed E-state index contributed by atoms with van der Waals surface area (Å²) in [6.07, 6.45) is 2.01. The van der Waals surface area contributed by atoms with Crippen LogP contribution in [0.25, 0.3) is 0 Å².